The van der Waals surface area contributed by atoms with Crippen molar-refractivity contribution in [2.45, 2.75) is 45.4 Å². The number of methoxy groups -OCH3 is 1. The van der Waals surface area contributed by atoms with Crippen LogP contribution in [0.3, 0.4) is 0 Å². The topological polar surface area (TPSA) is 51.2 Å². The van der Waals surface area contributed by atoms with Crippen molar-refractivity contribution in [1.82, 2.24) is 4.90 Å². The third kappa shape index (κ3) is 7.74. The minimum atomic E-state index is -0.495. The zero-order valence-electron chi connectivity index (χ0n) is 15.8. The fourth-order valence-corrected chi connectivity index (χ4v) is 3.10. The number of benzene rings is 1. The van der Waals surface area contributed by atoms with Crippen LogP contribution in [0, 0.1) is 5.92 Å². The summed E-state index contributed by atoms with van der Waals surface area (Å²) in [5.41, 5.74) is 1.17. The Kier molecular flexibility index (Phi) is 8.68. The van der Waals surface area contributed by atoms with Gasteiger partial charge in [0.1, 0.15) is 5.75 Å². The van der Waals surface area contributed by atoms with Crippen LogP contribution >= 0.6 is 0 Å². The van der Waals surface area contributed by atoms with Gasteiger partial charge >= 0.3 is 0 Å². The van der Waals surface area contributed by atoms with E-state index in [4.69, 9.17) is 14.2 Å². The second-order valence-electron chi connectivity index (χ2n) is 7.27. The molecule has 1 saturated heterocycles. The van der Waals surface area contributed by atoms with Crippen LogP contribution in [0.25, 0.3) is 0 Å². The summed E-state index contributed by atoms with van der Waals surface area (Å²) < 4.78 is 16.7. The molecule has 0 amide bonds. The van der Waals surface area contributed by atoms with Crippen molar-refractivity contribution in [2.75, 3.05) is 40.0 Å². The van der Waals surface area contributed by atoms with Gasteiger partial charge in [0.15, 0.2) is 0 Å². The average molecular weight is 351 g/mol. The molecule has 5 heteroatoms. The predicted molar refractivity (Wildman–Crippen MR) is 98.9 cm³/mol. The summed E-state index contributed by atoms with van der Waals surface area (Å²) in [5, 5.41) is 10.4. The Balaban J connectivity index is 1.91. The predicted octanol–water partition coefficient (Wildman–Crippen LogP) is 2.71. The average Bonchev–Trinajstić information content (AvgIpc) is 3.07. The number of aliphatic hydroxyl groups is 1. The van der Waals surface area contributed by atoms with Crippen molar-refractivity contribution in [3.63, 3.8) is 0 Å². The van der Waals surface area contributed by atoms with E-state index in [9.17, 15) is 5.11 Å². The molecule has 2 unspecified atom stereocenters. The fraction of sp³-hybridized carbons (Fsp3) is 0.700. The standard InChI is InChI=1S/C20H33NO4/c1-16(2)14-24-15-18(22)12-21(13-20-8-5-9-25-20)11-17-6-4-7-19(10-17)23-3/h4,6-7,10,16,18,20,22H,5,8-9,11-15H2,1-3H3. The molecule has 5 nitrogen and oxygen atoms in total. The highest BCUT2D eigenvalue weighted by molar-refractivity contribution is 5.28. The summed E-state index contributed by atoms with van der Waals surface area (Å²) >= 11 is 0. The Morgan fingerprint density at radius 1 is 1.32 bits per heavy atom. The molecule has 0 spiro atoms. The maximum Gasteiger partial charge on any atom is 0.119 e. The fourth-order valence-electron chi connectivity index (χ4n) is 3.10. The van der Waals surface area contributed by atoms with Gasteiger partial charge in [0.05, 0.1) is 25.9 Å². The van der Waals surface area contributed by atoms with E-state index in [0.717, 1.165) is 38.3 Å². The Morgan fingerprint density at radius 2 is 2.16 bits per heavy atom. The van der Waals surface area contributed by atoms with E-state index < -0.39 is 6.10 Å². The van der Waals surface area contributed by atoms with E-state index in [1.165, 1.54) is 5.56 Å². The van der Waals surface area contributed by atoms with E-state index in [2.05, 4.69) is 24.8 Å². The molecule has 1 aromatic rings. The minimum Gasteiger partial charge on any atom is -0.497 e. The van der Waals surface area contributed by atoms with Crippen LogP contribution in [0.4, 0.5) is 0 Å². The van der Waals surface area contributed by atoms with Crippen molar-refractivity contribution >= 4 is 0 Å². The quantitative estimate of drug-likeness (QED) is 0.664. The molecule has 0 bridgehead atoms. The van der Waals surface area contributed by atoms with Crippen LogP contribution in [0.1, 0.15) is 32.3 Å². The van der Waals surface area contributed by atoms with Gasteiger partial charge in [0, 0.05) is 32.8 Å². The SMILES string of the molecule is COc1cccc(CN(CC(O)COCC(C)C)CC2CCCO2)c1. The molecular weight excluding hydrogens is 318 g/mol. The lowest BCUT2D eigenvalue weighted by Gasteiger charge is -2.27. The zero-order valence-corrected chi connectivity index (χ0v) is 15.8. The molecule has 2 atom stereocenters. The van der Waals surface area contributed by atoms with E-state index in [1.807, 2.05) is 18.2 Å². The molecule has 25 heavy (non-hydrogen) atoms. The van der Waals surface area contributed by atoms with Crippen LogP contribution in [0.5, 0.6) is 5.75 Å². The summed E-state index contributed by atoms with van der Waals surface area (Å²) in [6.45, 7) is 8.29. The smallest absolute Gasteiger partial charge is 0.119 e. The summed E-state index contributed by atoms with van der Waals surface area (Å²) in [6, 6.07) is 8.08. The second-order valence-corrected chi connectivity index (χ2v) is 7.27. The number of rotatable bonds is 11. The lowest BCUT2D eigenvalue weighted by Crippen LogP contribution is -2.39. The lowest BCUT2D eigenvalue weighted by atomic mass is 10.1. The molecule has 0 aliphatic carbocycles. The number of hydrogen-bond acceptors (Lipinski definition) is 5. The van der Waals surface area contributed by atoms with Crippen LogP contribution < -0.4 is 4.74 Å². The molecular formula is C20H33NO4. The highest BCUT2D eigenvalue weighted by Crippen LogP contribution is 2.18. The second kappa shape index (κ2) is 10.8. The monoisotopic (exact) mass is 351 g/mol. The lowest BCUT2D eigenvalue weighted by molar-refractivity contribution is -0.00391. The van der Waals surface area contributed by atoms with Crippen molar-refractivity contribution in [3.05, 3.63) is 29.8 Å². The Bertz CT molecular complexity index is 488. The van der Waals surface area contributed by atoms with Gasteiger partial charge in [-0.05, 0) is 36.5 Å². The minimum absolute atomic E-state index is 0.259. The molecule has 1 aliphatic rings. The van der Waals surface area contributed by atoms with Crippen molar-refractivity contribution in [3.8, 4) is 5.75 Å². The molecule has 1 aromatic carbocycles. The molecule has 1 fully saturated rings. The summed E-state index contributed by atoms with van der Waals surface area (Å²) in [7, 11) is 1.68. The van der Waals surface area contributed by atoms with Crippen LogP contribution in [0.2, 0.25) is 0 Å². The molecule has 0 radical (unpaired) electrons. The van der Waals surface area contributed by atoms with Gasteiger partial charge in [-0.3, -0.25) is 4.90 Å². The summed E-state index contributed by atoms with van der Waals surface area (Å²) in [6.07, 6.45) is 1.98. The van der Waals surface area contributed by atoms with E-state index in [-0.39, 0.29) is 6.10 Å². The van der Waals surface area contributed by atoms with Crippen molar-refractivity contribution in [1.29, 1.82) is 0 Å². The number of hydrogen-bond donors (Lipinski definition) is 1. The van der Waals surface area contributed by atoms with Gasteiger partial charge in [-0.1, -0.05) is 26.0 Å². The molecule has 1 N–H and O–H groups in total. The van der Waals surface area contributed by atoms with Crippen LogP contribution in [0.15, 0.2) is 24.3 Å². The van der Waals surface area contributed by atoms with Gasteiger partial charge in [-0.2, -0.15) is 0 Å². The first-order valence-electron chi connectivity index (χ1n) is 9.29. The highest BCUT2D eigenvalue weighted by atomic mass is 16.5. The first kappa shape index (κ1) is 20.2. The molecule has 2 rings (SSSR count). The summed E-state index contributed by atoms with van der Waals surface area (Å²) in [5.74, 6) is 1.34. The number of nitrogens with zero attached hydrogens (tertiary/aromatic N) is 1. The normalized spacial score (nSPS) is 18.9. The molecule has 1 heterocycles. The highest BCUT2D eigenvalue weighted by Gasteiger charge is 2.21. The first-order chi connectivity index (χ1) is 12.1. The number of aliphatic hydroxyl groups excluding tert-OH is 1. The first-order valence-corrected chi connectivity index (χ1v) is 9.29. The van der Waals surface area contributed by atoms with Gasteiger partial charge in [0.2, 0.25) is 0 Å². The van der Waals surface area contributed by atoms with Gasteiger partial charge in [-0.25, -0.2) is 0 Å². The van der Waals surface area contributed by atoms with Gasteiger partial charge in [0.25, 0.3) is 0 Å². The maximum atomic E-state index is 10.4. The Morgan fingerprint density at radius 3 is 2.84 bits per heavy atom. The van der Waals surface area contributed by atoms with Gasteiger partial charge < -0.3 is 19.3 Å². The number of ether oxygens (including phenoxy) is 3. The largest absolute Gasteiger partial charge is 0.497 e. The summed E-state index contributed by atoms with van der Waals surface area (Å²) in [4.78, 5) is 2.26. The molecule has 0 saturated carbocycles. The van der Waals surface area contributed by atoms with Gasteiger partial charge in [-0.15, -0.1) is 0 Å². The third-order valence-corrected chi connectivity index (χ3v) is 4.26. The van der Waals surface area contributed by atoms with Crippen LogP contribution in [-0.2, 0) is 16.0 Å². The molecule has 1 aliphatic heterocycles. The van der Waals surface area contributed by atoms with E-state index in [1.54, 1.807) is 7.11 Å². The molecule has 0 aromatic heterocycles. The van der Waals surface area contributed by atoms with Crippen LogP contribution in [-0.4, -0.2) is 62.2 Å². The third-order valence-electron chi connectivity index (χ3n) is 4.26. The Hall–Kier alpha value is -1.14. The van der Waals surface area contributed by atoms with Crippen molar-refractivity contribution in [2.24, 2.45) is 5.92 Å². The Labute approximate surface area is 151 Å². The van der Waals surface area contributed by atoms with Crippen molar-refractivity contribution < 1.29 is 19.3 Å². The molecule has 142 valence electrons. The zero-order chi connectivity index (χ0) is 18.1. The maximum absolute atomic E-state index is 10.4. The van der Waals surface area contributed by atoms with E-state index in [0.29, 0.717) is 25.7 Å². The van der Waals surface area contributed by atoms with E-state index >= 15 is 0 Å².